The van der Waals surface area contributed by atoms with Crippen molar-refractivity contribution in [2.75, 3.05) is 26.2 Å². The molecule has 2 saturated heterocycles. The van der Waals surface area contributed by atoms with Crippen LogP contribution in [0.1, 0.15) is 43.6 Å². The molecule has 1 amide bonds. The lowest BCUT2D eigenvalue weighted by Crippen LogP contribution is -2.59. The van der Waals surface area contributed by atoms with Crippen molar-refractivity contribution in [3.05, 3.63) is 47.6 Å². The molecule has 0 N–H and O–H groups in total. The maximum Gasteiger partial charge on any atom is 0.243 e. The van der Waals surface area contributed by atoms with Gasteiger partial charge in [0, 0.05) is 38.4 Å². The molecule has 0 radical (unpaired) electrons. The van der Waals surface area contributed by atoms with E-state index in [4.69, 9.17) is 4.52 Å². The van der Waals surface area contributed by atoms with Crippen LogP contribution in [0.2, 0.25) is 0 Å². The van der Waals surface area contributed by atoms with E-state index < -0.39 is 0 Å². The molecule has 2 fully saturated rings. The molecule has 3 heterocycles. The summed E-state index contributed by atoms with van der Waals surface area (Å²) in [5.41, 5.74) is 1.45. The second-order valence-electron chi connectivity index (χ2n) is 7.48. The van der Waals surface area contributed by atoms with Gasteiger partial charge in [0.1, 0.15) is 0 Å². The standard InChI is InChI=1S/C19H24N4O2/c1-14(22-9-8-19(11-22)12-23(13-19)15(2)24)18-20-17(21-25-18)10-16-6-4-3-5-7-16/h3-7,14H,8-13H2,1-2H3. The zero-order valence-corrected chi connectivity index (χ0v) is 14.8. The Morgan fingerprint density at radius 2 is 2.04 bits per heavy atom. The Morgan fingerprint density at radius 3 is 2.76 bits per heavy atom. The molecule has 1 spiro atoms. The molecule has 1 aromatic carbocycles. The van der Waals surface area contributed by atoms with E-state index >= 15 is 0 Å². The second-order valence-corrected chi connectivity index (χ2v) is 7.48. The summed E-state index contributed by atoms with van der Waals surface area (Å²) < 4.78 is 5.52. The predicted molar refractivity (Wildman–Crippen MR) is 92.8 cm³/mol. The summed E-state index contributed by atoms with van der Waals surface area (Å²) in [6.07, 6.45) is 1.82. The van der Waals surface area contributed by atoms with Gasteiger partial charge in [0.25, 0.3) is 0 Å². The van der Waals surface area contributed by atoms with Gasteiger partial charge in [0.05, 0.1) is 6.04 Å². The molecule has 6 heteroatoms. The first-order valence-electron chi connectivity index (χ1n) is 8.91. The minimum absolute atomic E-state index is 0.114. The lowest BCUT2D eigenvalue weighted by atomic mass is 9.79. The fraction of sp³-hybridized carbons (Fsp3) is 0.526. The number of carbonyl (C=O) groups excluding carboxylic acids is 1. The fourth-order valence-electron chi connectivity index (χ4n) is 3.99. The number of hydrogen-bond donors (Lipinski definition) is 0. The number of carbonyl (C=O) groups is 1. The number of likely N-dealkylation sites (tertiary alicyclic amines) is 2. The van der Waals surface area contributed by atoms with Crippen molar-refractivity contribution in [2.24, 2.45) is 5.41 Å². The van der Waals surface area contributed by atoms with Gasteiger partial charge < -0.3 is 9.42 Å². The zero-order chi connectivity index (χ0) is 17.4. The second kappa shape index (κ2) is 6.26. The summed E-state index contributed by atoms with van der Waals surface area (Å²) in [6, 6.07) is 10.3. The fourth-order valence-corrected chi connectivity index (χ4v) is 3.99. The highest BCUT2D eigenvalue weighted by Crippen LogP contribution is 2.42. The van der Waals surface area contributed by atoms with E-state index in [0.29, 0.717) is 12.3 Å². The average Bonchev–Trinajstić information content (AvgIpc) is 3.21. The molecule has 0 bridgehead atoms. The van der Waals surface area contributed by atoms with E-state index in [2.05, 4.69) is 34.1 Å². The minimum Gasteiger partial charge on any atom is -0.342 e. The van der Waals surface area contributed by atoms with Crippen molar-refractivity contribution in [3.63, 3.8) is 0 Å². The molecular weight excluding hydrogens is 316 g/mol. The molecule has 0 aliphatic carbocycles. The molecule has 1 atom stereocenters. The summed E-state index contributed by atoms with van der Waals surface area (Å²) >= 11 is 0. The molecule has 1 unspecified atom stereocenters. The highest BCUT2D eigenvalue weighted by atomic mass is 16.5. The van der Waals surface area contributed by atoms with Crippen LogP contribution in [0.3, 0.4) is 0 Å². The number of amides is 1. The van der Waals surface area contributed by atoms with Gasteiger partial charge in [-0.15, -0.1) is 0 Å². The predicted octanol–water partition coefficient (Wildman–Crippen LogP) is 2.28. The van der Waals surface area contributed by atoms with Crippen LogP contribution < -0.4 is 0 Å². The number of nitrogens with zero attached hydrogens (tertiary/aromatic N) is 4. The average molecular weight is 340 g/mol. The first-order valence-corrected chi connectivity index (χ1v) is 8.91. The zero-order valence-electron chi connectivity index (χ0n) is 14.8. The Morgan fingerprint density at radius 1 is 1.28 bits per heavy atom. The van der Waals surface area contributed by atoms with E-state index in [1.54, 1.807) is 6.92 Å². The Labute approximate surface area is 147 Å². The molecule has 2 aliphatic rings. The lowest BCUT2D eigenvalue weighted by molar-refractivity contribution is -0.140. The first-order chi connectivity index (χ1) is 12.0. The summed E-state index contributed by atoms with van der Waals surface area (Å²) in [5, 5.41) is 4.14. The van der Waals surface area contributed by atoms with Crippen LogP contribution in [0.25, 0.3) is 0 Å². The largest absolute Gasteiger partial charge is 0.342 e. The smallest absolute Gasteiger partial charge is 0.243 e. The molecular formula is C19H24N4O2. The molecule has 2 aliphatic heterocycles. The molecule has 4 rings (SSSR count). The van der Waals surface area contributed by atoms with E-state index in [1.807, 2.05) is 23.1 Å². The maximum absolute atomic E-state index is 11.4. The molecule has 132 valence electrons. The van der Waals surface area contributed by atoms with Gasteiger partial charge in [-0.2, -0.15) is 4.98 Å². The highest BCUT2D eigenvalue weighted by Gasteiger charge is 2.49. The number of rotatable bonds is 4. The van der Waals surface area contributed by atoms with Crippen LogP contribution in [0.5, 0.6) is 0 Å². The van der Waals surface area contributed by atoms with Crippen LogP contribution in [0, 0.1) is 5.41 Å². The third kappa shape index (κ3) is 3.18. The minimum atomic E-state index is 0.114. The summed E-state index contributed by atoms with van der Waals surface area (Å²) in [6.45, 7) is 7.55. The van der Waals surface area contributed by atoms with Crippen LogP contribution in [-0.2, 0) is 11.2 Å². The van der Waals surface area contributed by atoms with Gasteiger partial charge in [-0.05, 0) is 25.5 Å². The van der Waals surface area contributed by atoms with Gasteiger partial charge in [-0.1, -0.05) is 35.5 Å². The SMILES string of the molecule is CC(=O)N1CC2(CCN(C(C)c3nc(Cc4ccccc4)no3)C2)C1. The van der Waals surface area contributed by atoms with Crippen LogP contribution >= 0.6 is 0 Å². The number of benzene rings is 1. The van der Waals surface area contributed by atoms with Crippen molar-refractivity contribution in [1.29, 1.82) is 0 Å². The van der Waals surface area contributed by atoms with E-state index in [9.17, 15) is 4.79 Å². The summed E-state index contributed by atoms with van der Waals surface area (Å²) in [4.78, 5) is 20.4. The van der Waals surface area contributed by atoms with Gasteiger partial charge in [-0.3, -0.25) is 9.69 Å². The van der Waals surface area contributed by atoms with E-state index in [1.165, 1.54) is 5.56 Å². The Hall–Kier alpha value is -2.21. The van der Waals surface area contributed by atoms with Gasteiger partial charge >= 0.3 is 0 Å². The molecule has 25 heavy (non-hydrogen) atoms. The molecule has 1 aromatic heterocycles. The van der Waals surface area contributed by atoms with E-state index in [-0.39, 0.29) is 17.4 Å². The molecule has 2 aromatic rings. The quantitative estimate of drug-likeness (QED) is 0.854. The molecule has 0 saturated carbocycles. The van der Waals surface area contributed by atoms with Crippen LogP contribution in [0.4, 0.5) is 0 Å². The van der Waals surface area contributed by atoms with Gasteiger partial charge in [0.15, 0.2) is 5.82 Å². The van der Waals surface area contributed by atoms with Gasteiger partial charge in [0.2, 0.25) is 11.8 Å². The summed E-state index contributed by atoms with van der Waals surface area (Å²) in [7, 11) is 0. The van der Waals surface area contributed by atoms with Crippen molar-refractivity contribution in [1.82, 2.24) is 19.9 Å². The van der Waals surface area contributed by atoms with Crippen LogP contribution in [-0.4, -0.2) is 52.0 Å². The van der Waals surface area contributed by atoms with Gasteiger partial charge in [-0.25, -0.2) is 0 Å². The number of aromatic nitrogens is 2. The Bertz CT molecular complexity index is 752. The third-order valence-electron chi connectivity index (χ3n) is 5.56. The lowest BCUT2D eigenvalue weighted by Gasteiger charge is -2.48. The van der Waals surface area contributed by atoms with Crippen molar-refractivity contribution < 1.29 is 9.32 Å². The maximum atomic E-state index is 11.4. The molecule has 6 nitrogen and oxygen atoms in total. The summed E-state index contributed by atoms with van der Waals surface area (Å²) in [5.74, 6) is 1.60. The van der Waals surface area contributed by atoms with Crippen molar-refractivity contribution in [3.8, 4) is 0 Å². The highest BCUT2D eigenvalue weighted by molar-refractivity contribution is 5.74. The van der Waals surface area contributed by atoms with E-state index in [0.717, 1.165) is 38.4 Å². The monoisotopic (exact) mass is 340 g/mol. The topological polar surface area (TPSA) is 62.5 Å². The Kier molecular flexibility index (Phi) is 4.07. The van der Waals surface area contributed by atoms with Crippen molar-refractivity contribution >= 4 is 5.91 Å². The van der Waals surface area contributed by atoms with Crippen molar-refractivity contribution in [2.45, 2.75) is 32.7 Å². The first kappa shape index (κ1) is 16.3. The third-order valence-corrected chi connectivity index (χ3v) is 5.56. The Balaban J connectivity index is 1.37. The van der Waals surface area contributed by atoms with Crippen LogP contribution in [0.15, 0.2) is 34.9 Å². The normalized spacial score (nSPS) is 20.6. The number of hydrogen-bond acceptors (Lipinski definition) is 5.